The van der Waals surface area contributed by atoms with Crippen LogP contribution < -0.4 is 5.32 Å². The number of Topliss-reactive ketones (excluding diaryl/α,β-unsaturated/α-hetero) is 1. The Morgan fingerprint density at radius 2 is 1.96 bits per heavy atom. The monoisotopic (exact) mass is 328 g/mol. The van der Waals surface area contributed by atoms with Gasteiger partial charge >= 0.3 is 0 Å². The van der Waals surface area contributed by atoms with Crippen LogP contribution in [0.3, 0.4) is 0 Å². The number of nitrogens with zero attached hydrogens (tertiary/aromatic N) is 1. The molecule has 126 valence electrons. The van der Waals surface area contributed by atoms with Crippen molar-refractivity contribution in [3.8, 4) is 0 Å². The molecule has 6 heteroatoms. The third kappa shape index (κ3) is 2.84. The summed E-state index contributed by atoms with van der Waals surface area (Å²) in [6, 6.07) is 4.96. The second-order valence-electron chi connectivity index (χ2n) is 7.44. The van der Waals surface area contributed by atoms with Crippen LogP contribution >= 0.6 is 0 Å². The van der Waals surface area contributed by atoms with Gasteiger partial charge in [0.15, 0.2) is 5.78 Å². The number of hydrogen-bond donors (Lipinski definition) is 1. The first-order chi connectivity index (χ1) is 11.2. The van der Waals surface area contributed by atoms with Crippen molar-refractivity contribution < 1.29 is 14.5 Å². The van der Waals surface area contributed by atoms with Crippen LogP contribution in [0.4, 0.5) is 5.69 Å². The van der Waals surface area contributed by atoms with Gasteiger partial charge in [0.05, 0.1) is 4.92 Å². The highest BCUT2D eigenvalue weighted by atomic mass is 16.6. The van der Waals surface area contributed by atoms with E-state index in [0.717, 1.165) is 0 Å². The van der Waals surface area contributed by atoms with Gasteiger partial charge in [-0.2, -0.15) is 0 Å². The van der Waals surface area contributed by atoms with Gasteiger partial charge in [0, 0.05) is 41.7 Å². The number of allylic oxidation sites excluding steroid dienone is 2. The van der Waals surface area contributed by atoms with Crippen molar-refractivity contribution >= 4 is 17.4 Å². The maximum Gasteiger partial charge on any atom is 0.272 e. The first-order valence-corrected chi connectivity index (χ1v) is 7.99. The lowest BCUT2D eigenvalue weighted by atomic mass is 9.70. The van der Waals surface area contributed by atoms with Crippen molar-refractivity contribution in [2.75, 3.05) is 0 Å². The third-order valence-electron chi connectivity index (χ3n) is 4.78. The van der Waals surface area contributed by atoms with Gasteiger partial charge in [0.2, 0.25) is 5.91 Å². The number of amides is 1. The molecule has 0 bridgehead atoms. The molecule has 0 saturated carbocycles. The van der Waals surface area contributed by atoms with Gasteiger partial charge in [0.1, 0.15) is 0 Å². The zero-order valence-electron chi connectivity index (χ0n) is 14.0. The molecule has 0 unspecified atom stereocenters. The predicted molar refractivity (Wildman–Crippen MR) is 88.4 cm³/mol. The standard InChI is InChI=1S/C18H20N2O4/c1-10-4-5-11(6-14(10)20(23)24)12-7-16(22)19-13-8-18(2,3)9-15(21)17(12)13/h4-6,12H,7-9H2,1-3H3,(H,19,22)/t12-/m1/s1. The van der Waals surface area contributed by atoms with Crippen LogP contribution in [-0.4, -0.2) is 16.6 Å². The number of hydrogen-bond acceptors (Lipinski definition) is 4. The fourth-order valence-corrected chi connectivity index (χ4v) is 3.68. The predicted octanol–water partition coefficient (Wildman–Crippen LogP) is 3.15. The molecule has 0 spiro atoms. The SMILES string of the molecule is Cc1ccc([C@H]2CC(=O)NC3=C2C(=O)CC(C)(C)C3)cc1[N+](=O)[O-]. The Hall–Kier alpha value is -2.50. The summed E-state index contributed by atoms with van der Waals surface area (Å²) in [6.45, 7) is 5.68. The van der Waals surface area contributed by atoms with Crippen LogP contribution in [0.15, 0.2) is 29.5 Å². The van der Waals surface area contributed by atoms with Gasteiger partial charge in [0.25, 0.3) is 5.69 Å². The number of nitrogens with one attached hydrogen (secondary N) is 1. The lowest BCUT2D eigenvalue weighted by molar-refractivity contribution is -0.385. The minimum atomic E-state index is -0.428. The molecule has 1 heterocycles. The highest BCUT2D eigenvalue weighted by molar-refractivity contribution is 6.02. The van der Waals surface area contributed by atoms with Crippen molar-refractivity contribution in [1.82, 2.24) is 5.32 Å². The van der Waals surface area contributed by atoms with Crippen molar-refractivity contribution in [3.05, 3.63) is 50.7 Å². The quantitative estimate of drug-likeness (QED) is 0.667. The summed E-state index contributed by atoms with van der Waals surface area (Å²) < 4.78 is 0. The summed E-state index contributed by atoms with van der Waals surface area (Å²) >= 11 is 0. The van der Waals surface area contributed by atoms with E-state index in [1.807, 2.05) is 13.8 Å². The summed E-state index contributed by atoms with van der Waals surface area (Å²) in [5.41, 5.74) is 2.35. The average molecular weight is 328 g/mol. The molecule has 1 N–H and O–H groups in total. The summed E-state index contributed by atoms with van der Waals surface area (Å²) in [5, 5.41) is 14.0. The molecule has 0 radical (unpaired) electrons. The second kappa shape index (κ2) is 5.54. The smallest absolute Gasteiger partial charge is 0.272 e. The molecule has 1 aliphatic heterocycles. The maximum absolute atomic E-state index is 12.7. The molecule has 6 nitrogen and oxygen atoms in total. The van der Waals surface area contributed by atoms with Gasteiger partial charge in [-0.3, -0.25) is 19.7 Å². The van der Waals surface area contributed by atoms with Crippen LogP contribution in [0.1, 0.15) is 50.2 Å². The van der Waals surface area contributed by atoms with Crippen molar-refractivity contribution in [1.29, 1.82) is 0 Å². The van der Waals surface area contributed by atoms with Gasteiger partial charge in [-0.05, 0) is 24.3 Å². The summed E-state index contributed by atoms with van der Waals surface area (Å²) in [5.74, 6) is -0.529. The van der Waals surface area contributed by atoms with Crippen LogP contribution in [0.2, 0.25) is 0 Å². The summed E-state index contributed by atoms with van der Waals surface area (Å²) in [4.78, 5) is 35.6. The zero-order valence-corrected chi connectivity index (χ0v) is 14.0. The fraction of sp³-hybridized carbons (Fsp3) is 0.444. The first kappa shape index (κ1) is 16.4. The Morgan fingerprint density at radius 1 is 1.25 bits per heavy atom. The molecule has 1 aliphatic carbocycles. The minimum Gasteiger partial charge on any atom is -0.329 e. The molecule has 1 atom stereocenters. The van der Waals surface area contributed by atoms with Gasteiger partial charge in [-0.1, -0.05) is 26.0 Å². The third-order valence-corrected chi connectivity index (χ3v) is 4.78. The Bertz CT molecular complexity index is 792. The van der Waals surface area contributed by atoms with E-state index in [4.69, 9.17) is 0 Å². The number of carbonyl (C=O) groups is 2. The number of aryl methyl sites for hydroxylation is 1. The molecule has 2 aliphatic rings. The van der Waals surface area contributed by atoms with E-state index in [0.29, 0.717) is 35.2 Å². The Morgan fingerprint density at radius 3 is 2.62 bits per heavy atom. The van der Waals surface area contributed by atoms with E-state index in [9.17, 15) is 19.7 Å². The molecular weight excluding hydrogens is 308 g/mol. The van der Waals surface area contributed by atoms with E-state index >= 15 is 0 Å². The van der Waals surface area contributed by atoms with Crippen molar-refractivity contribution in [3.63, 3.8) is 0 Å². The van der Waals surface area contributed by atoms with Gasteiger partial charge in [-0.15, -0.1) is 0 Å². The highest BCUT2D eigenvalue weighted by Crippen LogP contribution is 2.44. The van der Waals surface area contributed by atoms with Crippen LogP contribution in [0.25, 0.3) is 0 Å². The zero-order chi connectivity index (χ0) is 17.6. The molecule has 1 aromatic carbocycles. The van der Waals surface area contributed by atoms with E-state index in [-0.39, 0.29) is 29.2 Å². The highest BCUT2D eigenvalue weighted by Gasteiger charge is 2.40. The first-order valence-electron chi connectivity index (χ1n) is 7.99. The van der Waals surface area contributed by atoms with Crippen molar-refractivity contribution in [2.24, 2.45) is 5.41 Å². The molecule has 1 amide bonds. The lowest BCUT2D eigenvalue weighted by Crippen LogP contribution is -2.40. The van der Waals surface area contributed by atoms with E-state index < -0.39 is 10.8 Å². The molecule has 1 aromatic rings. The van der Waals surface area contributed by atoms with Crippen molar-refractivity contribution in [2.45, 2.75) is 46.0 Å². The second-order valence-corrected chi connectivity index (χ2v) is 7.44. The number of nitro groups is 1. The van der Waals surface area contributed by atoms with Crippen LogP contribution in [-0.2, 0) is 9.59 Å². The normalized spacial score (nSPS) is 22.9. The topological polar surface area (TPSA) is 89.3 Å². The molecule has 3 rings (SSSR count). The Kier molecular flexibility index (Phi) is 3.78. The van der Waals surface area contributed by atoms with Gasteiger partial charge < -0.3 is 5.32 Å². The lowest BCUT2D eigenvalue weighted by Gasteiger charge is -2.37. The Labute approximate surface area is 140 Å². The van der Waals surface area contributed by atoms with E-state index in [1.54, 1.807) is 19.1 Å². The van der Waals surface area contributed by atoms with Gasteiger partial charge in [-0.25, -0.2) is 0 Å². The number of ketones is 1. The fourth-order valence-electron chi connectivity index (χ4n) is 3.68. The molecule has 0 fully saturated rings. The number of carbonyl (C=O) groups excluding carboxylic acids is 2. The Balaban J connectivity index is 2.10. The summed E-state index contributed by atoms with van der Waals surface area (Å²) in [7, 11) is 0. The molecule has 0 aromatic heterocycles. The molecule has 24 heavy (non-hydrogen) atoms. The maximum atomic E-state index is 12.7. The van der Waals surface area contributed by atoms with E-state index in [1.165, 1.54) is 6.07 Å². The number of rotatable bonds is 2. The van der Waals surface area contributed by atoms with E-state index in [2.05, 4.69) is 5.32 Å². The summed E-state index contributed by atoms with van der Waals surface area (Å²) in [6.07, 6.45) is 1.20. The molecular formula is C18H20N2O4. The minimum absolute atomic E-state index is 0.0178. The number of benzene rings is 1. The van der Waals surface area contributed by atoms with Crippen LogP contribution in [0.5, 0.6) is 0 Å². The largest absolute Gasteiger partial charge is 0.329 e. The molecule has 0 saturated heterocycles. The van der Waals surface area contributed by atoms with Crippen LogP contribution in [0, 0.1) is 22.5 Å². The average Bonchev–Trinajstić information content (AvgIpc) is 2.44. The number of nitro benzene ring substituents is 1.